The van der Waals surface area contributed by atoms with E-state index in [4.69, 9.17) is 0 Å². The quantitative estimate of drug-likeness (QED) is 0.347. The first-order valence-corrected chi connectivity index (χ1v) is 10.4. The zero-order chi connectivity index (χ0) is 21.9. The van der Waals surface area contributed by atoms with Crippen LogP contribution in [0.4, 0.5) is 0 Å². The summed E-state index contributed by atoms with van der Waals surface area (Å²) in [6.45, 7) is 22.5. The molecule has 0 aliphatic carbocycles. The number of nitrogens with zero attached hydrogens (tertiary/aromatic N) is 3. The van der Waals surface area contributed by atoms with Gasteiger partial charge in [0.05, 0.1) is 25.0 Å². The minimum absolute atomic E-state index is 0.209. The van der Waals surface area contributed by atoms with Crippen molar-refractivity contribution in [3.05, 3.63) is 38.3 Å². The standard InChI is InChI=1S/C13H26N2O2.C9H19NO/c1-5-12(16)9-14(7-3)11-15(8-4)10-13(17)6-2;1-4-7-10(6-3)8-9(11)5-2/h7-8,12-13,16-17H,3-6,9-11H2,1-2H3;6,9,11H,3-5,7-8H2,1-2H3. The van der Waals surface area contributed by atoms with E-state index in [1.54, 1.807) is 18.6 Å². The van der Waals surface area contributed by atoms with Gasteiger partial charge in [-0.15, -0.1) is 0 Å². The minimum atomic E-state index is -0.351. The molecule has 0 radical (unpaired) electrons. The first-order valence-electron chi connectivity index (χ1n) is 10.4. The van der Waals surface area contributed by atoms with E-state index in [0.717, 1.165) is 32.2 Å². The van der Waals surface area contributed by atoms with Crippen LogP contribution in [0.5, 0.6) is 0 Å². The molecule has 6 heteroatoms. The number of rotatable bonds is 16. The smallest absolute Gasteiger partial charge is 0.0894 e. The van der Waals surface area contributed by atoms with E-state index in [-0.39, 0.29) is 18.3 Å². The van der Waals surface area contributed by atoms with Crippen LogP contribution in [-0.2, 0) is 0 Å². The van der Waals surface area contributed by atoms with Crippen LogP contribution in [0.1, 0.15) is 53.4 Å². The Labute approximate surface area is 173 Å². The fourth-order valence-electron chi connectivity index (χ4n) is 2.36. The van der Waals surface area contributed by atoms with Gasteiger partial charge in [0.2, 0.25) is 0 Å². The molecule has 0 amide bonds. The molecular formula is C22H45N3O3. The van der Waals surface area contributed by atoms with Crippen molar-refractivity contribution in [2.75, 3.05) is 32.8 Å². The Morgan fingerprint density at radius 2 is 0.964 bits per heavy atom. The second kappa shape index (κ2) is 18.8. The molecule has 0 heterocycles. The highest BCUT2D eigenvalue weighted by molar-refractivity contribution is 4.79. The van der Waals surface area contributed by atoms with Crippen LogP contribution in [0.3, 0.4) is 0 Å². The summed E-state index contributed by atoms with van der Waals surface area (Å²) in [7, 11) is 0. The van der Waals surface area contributed by atoms with E-state index in [1.807, 2.05) is 35.5 Å². The molecule has 0 aromatic heterocycles. The third-order valence-electron chi connectivity index (χ3n) is 4.40. The van der Waals surface area contributed by atoms with E-state index in [0.29, 0.717) is 26.3 Å². The zero-order valence-corrected chi connectivity index (χ0v) is 18.6. The lowest BCUT2D eigenvalue weighted by Gasteiger charge is -2.30. The topological polar surface area (TPSA) is 70.4 Å². The number of aliphatic hydroxyl groups excluding tert-OH is 3. The average Bonchev–Trinajstić information content (AvgIpc) is 2.71. The molecule has 3 N–H and O–H groups in total. The summed E-state index contributed by atoms with van der Waals surface area (Å²) in [6.07, 6.45) is 7.64. The molecule has 0 saturated heterocycles. The molecule has 0 saturated carbocycles. The molecule has 0 rings (SSSR count). The predicted octanol–water partition coefficient (Wildman–Crippen LogP) is 2.99. The third-order valence-corrected chi connectivity index (χ3v) is 4.40. The number of hydrogen-bond acceptors (Lipinski definition) is 6. The van der Waals surface area contributed by atoms with E-state index in [2.05, 4.69) is 26.7 Å². The second-order valence-corrected chi connectivity index (χ2v) is 6.91. The lowest BCUT2D eigenvalue weighted by molar-refractivity contribution is 0.0837. The first kappa shape index (κ1) is 28.7. The average molecular weight is 400 g/mol. The van der Waals surface area contributed by atoms with Crippen molar-refractivity contribution in [3.8, 4) is 0 Å². The Balaban J connectivity index is 0. The maximum Gasteiger partial charge on any atom is 0.0894 e. The van der Waals surface area contributed by atoms with E-state index < -0.39 is 0 Å². The van der Waals surface area contributed by atoms with Gasteiger partial charge in [0, 0.05) is 26.2 Å². The molecule has 0 spiro atoms. The van der Waals surface area contributed by atoms with Crippen LogP contribution < -0.4 is 0 Å². The Kier molecular flexibility index (Phi) is 19.3. The molecule has 0 aromatic carbocycles. The summed E-state index contributed by atoms with van der Waals surface area (Å²) in [4.78, 5) is 5.88. The molecule has 6 nitrogen and oxygen atoms in total. The summed E-state index contributed by atoms with van der Waals surface area (Å²) in [5, 5.41) is 28.5. The summed E-state index contributed by atoms with van der Waals surface area (Å²) >= 11 is 0. The summed E-state index contributed by atoms with van der Waals surface area (Å²) in [6, 6.07) is 0. The predicted molar refractivity (Wildman–Crippen MR) is 120 cm³/mol. The highest BCUT2D eigenvalue weighted by Crippen LogP contribution is 2.03. The molecule has 3 unspecified atom stereocenters. The van der Waals surface area contributed by atoms with Gasteiger partial charge >= 0.3 is 0 Å². The van der Waals surface area contributed by atoms with E-state index in [9.17, 15) is 15.3 Å². The van der Waals surface area contributed by atoms with E-state index >= 15 is 0 Å². The maximum absolute atomic E-state index is 9.59. The number of aliphatic hydroxyl groups is 3. The first-order chi connectivity index (χ1) is 13.3. The SMILES string of the molecule is C=CN(CC(O)CC)CN(C=C)CC(O)CC.C=CN(CCC)CC(O)CC. The van der Waals surface area contributed by atoms with Crippen LogP contribution in [-0.4, -0.2) is 81.2 Å². The van der Waals surface area contributed by atoms with Crippen molar-refractivity contribution in [2.24, 2.45) is 0 Å². The van der Waals surface area contributed by atoms with Crippen molar-refractivity contribution in [2.45, 2.75) is 71.7 Å². The van der Waals surface area contributed by atoms with Crippen molar-refractivity contribution >= 4 is 0 Å². The van der Waals surface area contributed by atoms with Gasteiger partial charge in [-0.3, -0.25) is 0 Å². The van der Waals surface area contributed by atoms with Crippen LogP contribution in [0.15, 0.2) is 38.3 Å². The van der Waals surface area contributed by atoms with Gasteiger partial charge in [-0.25, -0.2) is 0 Å². The van der Waals surface area contributed by atoms with Crippen molar-refractivity contribution in [1.82, 2.24) is 14.7 Å². The molecular weight excluding hydrogens is 354 g/mol. The lowest BCUT2D eigenvalue weighted by atomic mass is 10.2. The van der Waals surface area contributed by atoms with Crippen molar-refractivity contribution in [3.63, 3.8) is 0 Å². The van der Waals surface area contributed by atoms with Gasteiger partial charge in [-0.1, -0.05) is 47.4 Å². The summed E-state index contributed by atoms with van der Waals surface area (Å²) in [5.74, 6) is 0. The highest BCUT2D eigenvalue weighted by Gasteiger charge is 2.11. The Morgan fingerprint density at radius 3 is 1.21 bits per heavy atom. The summed E-state index contributed by atoms with van der Waals surface area (Å²) < 4.78 is 0. The Morgan fingerprint density at radius 1 is 0.643 bits per heavy atom. The van der Waals surface area contributed by atoms with Crippen LogP contribution >= 0.6 is 0 Å². The second-order valence-electron chi connectivity index (χ2n) is 6.91. The molecule has 0 aliphatic rings. The minimum Gasteiger partial charge on any atom is -0.391 e. The van der Waals surface area contributed by atoms with E-state index in [1.165, 1.54) is 0 Å². The molecule has 166 valence electrons. The summed E-state index contributed by atoms with van der Waals surface area (Å²) in [5.41, 5.74) is 0. The van der Waals surface area contributed by atoms with Gasteiger partial charge in [0.1, 0.15) is 0 Å². The van der Waals surface area contributed by atoms with Crippen LogP contribution in [0.2, 0.25) is 0 Å². The molecule has 3 atom stereocenters. The zero-order valence-electron chi connectivity index (χ0n) is 18.6. The van der Waals surface area contributed by atoms with Gasteiger partial charge < -0.3 is 30.0 Å². The number of hydrogen-bond donors (Lipinski definition) is 3. The van der Waals surface area contributed by atoms with Crippen molar-refractivity contribution in [1.29, 1.82) is 0 Å². The van der Waals surface area contributed by atoms with Gasteiger partial charge in [-0.2, -0.15) is 0 Å². The largest absolute Gasteiger partial charge is 0.391 e. The Bertz CT molecular complexity index is 371. The molecule has 0 aromatic rings. The molecule has 28 heavy (non-hydrogen) atoms. The fourth-order valence-corrected chi connectivity index (χ4v) is 2.36. The molecule has 0 bridgehead atoms. The lowest BCUT2D eigenvalue weighted by Crippen LogP contribution is -2.39. The van der Waals surface area contributed by atoms with Crippen molar-refractivity contribution < 1.29 is 15.3 Å². The monoisotopic (exact) mass is 399 g/mol. The van der Waals surface area contributed by atoms with Crippen LogP contribution in [0, 0.1) is 0 Å². The van der Waals surface area contributed by atoms with Crippen LogP contribution in [0.25, 0.3) is 0 Å². The molecule has 0 fully saturated rings. The fraction of sp³-hybridized carbons (Fsp3) is 0.727. The highest BCUT2D eigenvalue weighted by atomic mass is 16.3. The maximum atomic E-state index is 9.59. The normalized spacial score (nSPS) is 13.4. The van der Waals surface area contributed by atoms with Gasteiger partial charge in [-0.05, 0) is 44.3 Å². The third kappa shape index (κ3) is 15.5. The molecule has 0 aliphatic heterocycles. The van der Waals surface area contributed by atoms with Gasteiger partial charge in [0.25, 0.3) is 0 Å². The van der Waals surface area contributed by atoms with Gasteiger partial charge in [0.15, 0.2) is 0 Å². The Hall–Kier alpha value is -1.50.